The normalized spacial score (nSPS) is 20.6. The molecular formula is C16H23FN6O2. The highest BCUT2D eigenvalue weighted by molar-refractivity contribution is 5.43. The van der Waals surface area contributed by atoms with E-state index >= 15 is 0 Å². The standard InChI is InChI=1S/C16H23FN6O2/c1-4-11-15(17)16(19-9-18-11)23-6-12(13(24)7-23)22(5-2)8-14-21-20-10(3)25-14/h9,12-13,24H,4-8H2,1-3H3/t12?,13-/m1/s1. The molecule has 0 amide bonds. The third-order valence-electron chi connectivity index (χ3n) is 4.52. The van der Waals surface area contributed by atoms with Gasteiger partial charge in [0.2, 0.25) is 11.8 Å². The highest BCUT2D eigenvalue weighted by atomic mass is 19.1. The maximum Gasteiger partial charge on any atom is 0.230 e. The molecule has 1 aliphatic rings. The average molecular weight is 350 g/mol. The van der Waals surface area contributed by atoms with Crippen LogP contribution in [0.3, 0.4) is 0 Å². The monoisotopic (exact) mass is 350 g/mol. The van der Waals surface area contributed by atoms with Gasteiger partial charge in [0.05, 0.1) is 24.4 Å². The maximum atomic E-state index is 14.5. The number of β-amino-alcohol motifs (C(OH)–C–C–N with tert-alkyl or cyclic N) is 1. The van der Waals surface area contributed by atoms with Crippen LogP contribution in [-0.2, 0) is 13.0 Å². The van der Waals surface area contributed by atoms with Gasteiger partial charge in [-0.3, -0.25) is 4.90 Å². The molecule has 2 aromatic heterocycles. The van der Waals surface area contributed by atoms with Gasteiger partial charge >= 0.3 is 0 Å². The fraction of sp³-hybridized carbons (Fsp3) is 0.625. The number of likely N-dealkylation sites (N-methyl/N-ethyl adjacent to an activating group) is 1. The molecule has 3 rings (SSSR count). The van der Waals surface area contributed by atoms with Crippen LogP contribution in [0.4, 0.5) is 10.2 Å². The van der Waals surface area contributed by atoms with Crippen molar-refractivity contribution >= 4 is 5.82 Å². The molecule has 136 valence electrons. The third kappa shape index (κ3) is 3.62. The summed E-state index contributed by atoms with van der Waals surface area (Å²) in [7, 11) is 0. The molecule has 1 unspecified atom stereocenters. The van der Waals surface area contributed by atoms with Crippen LogP contribution >= 0.6 is 0 Å². The molecule has 0 radical (unpaired) electrons. The molecule has 2 atom stereocenters. The largest absolute Gasteiger partial charge is 0.424 e. The summed E-state index contributed by atoms with van der Waals surface area (Å²) in [5, 5.41) is 18.3. The molecule has 25 heavy (non-hydrogen) atoms. The van der Waals surface area contributed by atoms with Crippen molar-refractivity contribution in [3.05, 3.63) is 29.6 Å². The predicted molar refractivity (Wildman–Crippen MR) is 88.5 cm³/mol. The van der Waals surface area contributed by atoms with Crippen molar-refractivity contribution in [3.8, 4) is 0 Å². The Balaban J connectivity index is 1.76. The maximum absolute atomic E-state index is 14.5. The summed E-state index contributed by atoms with van der Waals surface area (Å²) in [5.74, 6) is 0.854. The van der Waals surface area contributed by atoms with Crippen molar-refractivity contribution in [1.82, 2.24) is 25.1 Å². The molecule has 1 fully saturated rings. The molecule has 0 saturated carbocycles. The zero-order chi connectivity index (χ0) is 18.0. The van der Waals surface area contributed by atoms with Gasteiger partial charge in [-0.2, -0.15) is 0 Å². The Kier molecular flexibility index (Phi) is 5.24. The number of aromatic nitrogens is 4. The third-order valence-corrected chi connectivity index (χ3v) is 4.52. The lowest BCUT2D eigenvalue weighted by Gasteiger charge is -2.28. The summed E-state index contributed by atoms with van der Waals surface area (Å²) in [4.78, 5) is 11.9. The molecule has 1 aliphatic heterocycles. The molecule has 0 aromatic carbocycles. The van der Waals surface area contributed by atoms with E-state index in [1.807, 2.05) is 13.8 Å². The summed E-state index contributed by atoms with van der Waals surface area (Å²) < 4.78 is 19.9. The van der Waals surface area contributed by atoms with E-state index in [2.05, 4.69) is 25.1 Å². The number of rotatable bonds is 6. The Morgan fingerprint density at radius 3 is 2.76 bits per heavy atom. The van der Waals surface area contributed by atoms with E-state index in [0.717, 1.165) is 0 Å². The topological polar surface area (TPSA) is 91.4 Å². The van der Waals surface area contributed by atoms with Crippen molar-refractivity contribution in [1.29, 1.82) is 0 Å². The Morgan fingerprint density at radius 2 is 2.12 bits per heavy atom. The van der Waals surface area contributed by atoms with Crippen LogP contribution < -0.4 is 4.90 Å². The lowest BCUT2D eigenvalue weighted by Crippen LogP contribution is -2.42. The van der Waals surface area contributed by atoms with E-state index in [1.54, 1.807) is 11.8 Å². The minimum atomic E-state index is -0.622. The Bertz CT molecular complexity index is 724. The van der Waals surface area contributed by atoms with Crippen molar-refractivity contribution in [2.24, 2.45) is 0 Å². The van der Waals surface area contributed by atoms with E-state index in [4.69, 9.17) is 4.42 Å². The quantitative estimate of drug-likeness (QED) is 0.823. The predicted octanol–water partition coefficient (Wildman–Crippen LogP) is 0.941. The molecule has 1 N–H and O–H groups in total. The molecule has 2 aromatic rings. The van der Waals surface area contributed by atoms with Gasteiger partial charge in [0.1, 0.15) is 6.33 Å². The van der Waals surface area contributed by atoms with Crippen LogP contribution in [0.25, 0.3) is 0 Å². The van der Waals surface area contributed by atoms with Crippen LogP contribution in [0.1, 0.15) is 31.3 Å². The first kappa shape index (κ1) is 17.7. The number of halogens is 1. The summed E-state index contributed by atoms with van der Waals surface area (Å²) in [6.07, 6.45) is 1.25. The van der Waals surface area contributed by atoms with Gasteiger partial charge < -0.3 is 14.4 Å². The number of hydrogen-bond donors (Lipinski definition) is 1. The van der Waals surface area contributed by atoms with Crippen molar-refractivity contribution in [3.63, 3.8) is 0 Å². The van der Waals surface area contributed by atoms with Crippen LogP contribution in [0, 0.1) is 12.7 Å². The fourth-order valence-corrected chi connectivity index (χ4v) is 3.20. The molecule has 9 heteroatoms. The number of aliphatic hydroxyl groups is 1. The van der Waals surface area contributed by atoms with Gasteiger partial charge in [-0.25, -0.2) is 14.4 Å². The second-order valence-corrected chi connectivity index (χ2v) is 6.13. The van der Waals surface area contributed by atoms with Gasteiger partial charge in [-0.15, -0.1) is 10.2 Å². The number of anilines is 1. The summed E-state index contributed by atoms with van der Waals surface area (Å²) in [5.41, 5.74) is 0.386. The van der Waals surface area contributed by atoms with Crippen LogP contribution in [0.5, 0.6) is 0 Å². The second kappa shape index (κ2) is 7.40. The van der Waals surface area contributed by atoms with Crippen molar-refractivity contribution in [2.45, 2.75) is 45.9 Å². The molecule has 0 spiro atoms. The highest BCUT2D eigenvalue weighted by Gasteiger charge is 2.37. The van der Waals surface area contributed by atoms with Crippen LogP contribution in [-0.4, -0.2) is 62.0 Å². The molecule has 1 saturated heterocycles. The number of nitrogens with zero attached hydrogens (tertiary/aromatic N) is 6. The second-order valence-electron chi connectivity index (χ2n) is 6.13. The van der Waals surface area contributed by atoms with Crippen LogP contribution in [0.15, 0.2) is 10.7 Å². The smallest absolute Gasteiger partial charge is 0.230 e. The van der Waals surface area contributed by atoms with Gasteiger partial charge in [-0.05, 0) is 13.0 Å². The Labute approximate surface area is 145 Å². The summed E-state index contributed by atoms with van der Waals surface area (Å²) >= 11 is 0. The van der Waals surface area contributed by atoms with Gasteiger partial charge in [0.15, 0.2) is 11.6 Å². The zero-order valence-electron chi connectivity index (χ0n) is 14.7. The number of aryl methyl sites for hydroxylation is 2. The molecular weight excluding hydrogens is 327 g/mol. The molecule has 8 nitrogen and oxygen atoms in total. The van der Waals surface area contributed by atoms with Crippen molar-refractivity contribution < 1.29 is 13.9 Å². The Morgan fingerprint density at radius 1 is 1.32 bits per heavy atom. The minimum Gasteiger partial charge on any atom is -0.424 e. The molecule has 0 aliphatic carbocycles. The van der Waals surface area contributed by atoms with E-state index in [-0.39, 0.29) is 11.9 Å². The first-order valence-electron chi connectivity index (χ1n) is 8.48. The van der Waals surface area contributed by atoms with Crippen molar-refractivity contribution in [2.75, 3.05) is 24.5 Å². The molecule has 0 bridgehead atoms. The zero-order valence-corrected chi connectivity index (χ0v) is 14.7. The van der Waals surface area contributed by atoms with Gasteiger partial charge in [0.25, 0.3) is 0 Å². The van der Waals surface area contributed by atoms with Crippen LogP contribution in [0.2, 0.25) is 0 Å². The fourth-order valence-electron chi connectivity index (χ4n) is 3.20. The number of hydrogen-bond acceptors (Lipinski definition) is 8. The first-order valence-corrected chi connectivity index (χ1v) is 8.48. The molecule has 3 heterocycles. The van der Waals surface area contributed by atoms with E-state index in [0.29, 0.717) is 50.1 Å². The Hall–Kier alpha value is -2.13. The van der Waals surface area contributed by atoms with E-state index in [1.165, 1.54) is 6.33 Å². The van der Waals surface area contributed by atoms with E-state index in [9.17, 15) is 9.50 Å². The van der Waals surface area contributed by atoms with Gasteiger partial charge in [0, 0.05) is 20.0 Å². The first-order chi connectivity index (χ1) is 12.0. The van der Waals surface area contributed by atoms with Gasteiger partial charge in [-0.1, -0.05) is 13.8 Å². The lowest BCUT2D eigenvalue weighted by molar-refractivity contribution is 0.0761. The minimum absolute atomic E-state index is 0.170. The SMILES string of the molecule is CCc1ncnc(N2CC(N(CC)Cc3nnc(C)o3)[C@H](O)C2)c1F. The summed E-state index contributed by atoms with van der Waals surface area (Å²) in [6, 6.07) is -0.170. The lowest BCUT2D eigenvalue weighted by atomic mass is 10.2. The highest BCUT2D eigenvalue weighted by Crippen LogP contribution is 2.26. The van der Waals surface area contributed by atoms with E-state index < -0.39 is 11.9 Å². The summed E-state index contributed by atoms with van der Waals surface area (Å²) in [6.45, 7) is 7.52. The number of aliphatic hydroxyl groups excluding tert-OH is 1. The average Bonchev–Trinajstić information content (AvgIpc) is 3.18.